The van der Waals surface area contributed by atoms with Crippen LogP contribution in [0.2, 0.25) is 0 Å². The van der Waals surface area contributed by atoms with Gasteiger partial charge in [-0.2, -0.15) is 9.89 Å². The Labute approximate surface area is 157 Å². The molecular weight excluding hydrogens is 408 g/mol. The number of nitro benzene ring substituents is 2. The van der Waals surface area contributed by atoms with E-state index in [2.05, 4.69) is 26.5 Å². The summed E-state index contributed by atoms with van der Waals surface area (Å²) in [6.07, 6.45) is 10.5. The third-order valence-electron chi connectivity index (χ3n) is 3.92. The van der Waals surface area contributed by atoms with Crippen LogP contribution in [0.15, 0.2) is 35.1 Å². The highest BCUT2D eigenvalue weighted by atomic mass is 79.9. The third-order valence-corrected chi connectivity index (χ3v) is 4.58. The van der Waals surface area contributed by atoms with Crippen LogP contribution < -0.4 is 11.2 Å². The largest absolute Gasteiger partial charge is 0.392 e. The lowest BCUT2D eigenvalue weighted by Gasteiger charge is -2.23. The van der Waals surface area contributed by atoms with Crippen molar-refractivity contribution in [1.29, 1.82) is 0 Å². The highest BCUT2D eigenvalue weighted by molar-refractivity contribution is 9.10. The van der Waals surface area contributed by atoms with Gasteiger partial charge in [0.1, 0.15) is 5.69 Å². The Hall–Kier alpha value is -2.69. The molecule has 11 heteroatoms. The number of hydrogen-bond acceptors (Lipinski definition) is 7. The molecule has 0 bridgehead atoms. The van der Waals surface area contributed by atoms with Crippen LogP contribution in [-0.4, -0.2) is 25.8 Å². The van der Waals surface area contributed by atoms with Gasteiger partial charge in [-0.05, 0) is 34.8 Å². The molecule has 140 valence electrons. The molecule has 1 aliphatic rings. The van der Waals surface area contributed by atoms with Crippen molar-refractivity contribution in [2.24, 2.45) is 0 Å². The number of halogens is 1. The number of rotatable bonds is 4. The van der Waals surface area contributed by atoms with Crippen molar-refractivity contribution in [2.45, 2.75) is 38.1 Å². The molecule has 0 saturated heterocycles. The van der Waals surface area contributed by atoms with Crippen LogP contribution in [0.3, 0.4) is 0 Å². The molecule has 0 atom stereocenters. The van der Waals surface area contributed by atoms with E-state index in [1.54, 1.807) is 6.20 Å². The smallest absolute Gasteiger partial charge is 0.300 e. The summed E-state index contributed by atoms with van der Waals surface area (Å²) in [4.78, 5) is 21.1. The minimum absolute atomic E-state index is 0.124. The fraction of sp³-hybridized carbons (Fsp3) is 0.400. The molecule has 26 heavy (non-hydrogen) atoms. The molecule has 0 spiro atoms. The molecule has 0 amide bonds. The molecule has 1 aliphatic carbocycles. The van der Waals surface area contributed by atoms with E-state index in [0.29, 0.717) is 6.04 Å². The average Bonchev–Trinajstić information content (AvgIpc) is 3.11. The number of nitrogens with zero attached hydrogens (tertiary/aromatic N) is 4. The zero-order chi connectivity index (χ0) is 19.1. The molecule has 0 unspecified atom stereocenters. The maximum absolute atomic E-state index is 10.4. The zero-order valence-corrected chi connectivity index (χ0v) is 15.5. The molecule has 1 saturated carbocycles. The molecule has 1 fully saturated rings. The van der Waals surface area contributed by atoms with E-state index in [-0.39, 0.29) is 15.8 Å². The highest BCUT2D eigenvalue weighted by Crippen LogP contribution is 2.33. The van der Waals surface area contributed by atoms with Gasteiger partial charge in [0.05, 0.1) is 26.6 Å². The number of anilines is 1. The van der Waals surface area contributed by atoms with Gasteiger partial charge in [-0.15, -0.1) is 0 Å². The standard InChI is InChI=1S/C9H15N3.C6H4BrN3O4/c1-2-5-9(6-3-1)11-12-8-4-7-10-12;7-4-1-3(9(11)12)2-5(6(4)8)10(13)14/h4,7-9,11H,1-3,5-6H2;1-2H,8H2. The number of nitrogen functional groups attached to an aromatic ring is 1. The molecule has 3 rings (SSSR count). The van der Waals surface area contributed by atoms with Gasteiger partial charge >= 0.3 is 0 Å². The van der Waals surface area contributed by atoms with Gasteiger partial charge in [0.2, 0.25) is 0 Å². The first kappa shape index (κ1) is 19.6. The van der Waals surface area contributed by atoms with Gasteiger partial charge in [-0.25, -0.2) is 0 Å². The molecule has 1 aromatic heterocycles. The summed E-state index contributed by atoms with van der Waals surface area (Å²) in [5, 5.41) is 24.9. The number of nitrogens with two attached hydrogens (primary N) is 1. The summed E-state index contributed by atoms with van der Waals surface area (Å²) in [7, 11) is 0. The monoisotopic (exact) mass is 426 g/mol. The van der Waals surface area contributed by atoms with Crippen molar-refractivity contribution < 1.29 is 9.85 Å². The topological polar surface area (TPSA) is 142 Å². The maximum atomic E-state index is 10.4. The van der Waals surface area contributed by atoms with E-state index < -0.39 is 15.5 Å². The van der Waals surface area contributed by atoms with Crippen molar-refractivity contribution in [3.05, 3.63) is 55.3 Å². The SMILES string of the molecule is Nc1c(Br)cc([N+](=O)[O-])cc1[N+](=O)[O-].c1cnn(NC2CCCCC2)c1. The maximum Gasteiger partial charge on any atom is 0.300 e. The van der Waals surface area contributed by atoms with E-state index in [0.717, 1.165) is 12.1 Å². The van der Waals surface area contributed by atoms with Crippen LogP contribution in [0.1, 0.15) is 32.1 Å². The lowest BCUT2D eigenvalue weighted by Crippen LogP contribution is -2.29. The minimum Gasteiger partial charge on any atom is -0.392 e. The van der Waals surface area contributed by atoms with E-state index in [1.165, 1.54) is 32.1 Å². The molecule has 0 radical (unpaired) electrons. The summed E-state index contributed by atoms with van der Waals surface area (Å²) >= 11 is 2.90. The number of benzene rings is 1. The van der Waals surface area contributed by atoms with Gasteiger partial charge in [0.25, 0.3) is 11.4 Å². The Morgan fingerprint density at radius 3 is 2.42 bits per heavy atom. The first-order valence-corrected chi connectivity index (χ1v) is 8.81. The number of aromatic nitrogens is 2. The van der Waals surface area contributed by atoms with E-state index in [4.69, 9.17) is 5.73 Å². The number of nitro groups is 2. The molecule has 0 aliphatic heterocycles. The van der Waals surface area contributed by atoms with Crippen LogP contribution in [0.5, 0.6) is 0 Å². The van der Waals surface area contributed by atoms with Gasteiger partial charge in [0.15, 0.2) is 0 Å². The predicted molar refractivity (Wildman–Crippen MR) is 100 cm³/mol. The lowest BCUT2D eigenvalue weighted by molar-refractivity contribution is -0.393. The van der Waals surface area contributed by atoms with Crippen LogP contribution in [-0.2, 0) is 0 Å². The second kappa shape index (κ2) is 9.13. The van der Waals surface area contributed by atoms with Crippen molar-refractivity contribution in [3.8, 4) is 0 Å². The van der Waals surface area contributed by atoms with E-state index in [9.17, 15) is 20.2 Å². The molecule has 2 aromatic rings. The Bertz CT molecular complexity index is 762. The molecular formula is C15H19BrN6O4. The van der Waals surface area contributed by atoms with Crippen LogP contribution in [0.25, 0.3) is 0 Å². The van der Waals surface area contributed by atoms with Crippen LogP contribution in [0.4, 0.5) is 17.1 Å². The van der Waals surface area contributed by atoms with Crippen molar-refractivity contribution in [3.63, 3.8) is 0 Å². The Kier molecular flexibility index (Phi) is 6.89. The normalized spacial score (nSPS) is 14.2. The fourth-order valence-corrected chi connectivity index (χ4v) is 3.05. The van der Waals surface area contributed by atoms with Crippen molar-refractivity contribution >= 4 is 33.0 Å². The van der Waals surface area contributed by atoms with Crippen molar-refractivity contribution in [2.75, 3.05) is 11.2 Å². The van der Waals surface area contributed by atoms with Gasteiger partial charge in [-0.1, -0.05) is 19.3 Å². The van der Waals surface area contributed by atoms with Crippen LogP contribution >= 0.6 is 15.9 Å². The highest BCUT2D eigenvalue weighted by Gasteiger charge is 2.20. The number of non-ortho nitro benzene ring substituents is 1. The average molecular weight is 427 g/mol. The molecule has 1 aromatic carbocycles. The Morgan fingerprint density at radius 1 is 1.19 bits per heavy atom. The number of hydrogen-bond donors (Lipinski definition) is 2. The quantitative estimate of drug-likeness (QED) is 0.431. The van der Waals surface area contributed by atoms with E-state index >= 15 is 0 Å². The molecule has 1 heterocycles. The fourth-order valence-electron chi connectivity index (χ4n) is 2.61. The summed E-state index contributed by atoms with van der Waals surface area (Å²) in [5.41, 5.74) is 7.73. The van der Waals surface area contributed by atoms with Crippen molar-refractivity contribution in [1.82, 2.24) is 9.89 Å². The van der Waals surface area contributed by atoms with Gasteiger partial charge in [-0.3, -0.25) is 20.2 Å². The van der Waals surface area contributed by atoms with Crippen LogP contribution in [0, 0.1) is 20.2 Å². The number of nitrogens with one attached hydrogen (secondary N) is 1. The summed E-state index contributed by atoms with van der Waals surface area (Å²) < 4.78 is 0.137. The summed E-state index contributed by atoms with van der Waals surface area (Å²) in [5.74, 6) is 0. The Balaban J connectivity index is 0.000000189. The minimum atomic E-state index is -0.771. The first-order valence-electron chi connectivity index (χ1n) is 8.02. The predicted octanol–water partition coefficient (Wildman–Crippen LogP) is 3.61. The second-order valence-corrected chi connectivity index (χ2v) is 6.64. The molecule has 3 N–H and O–H groups in total. The summed E-state index contributed by atoms with van der Waals surface area (Å²) in [6.45, 7) is 0. The summed E-state index contributed by atoms with van der Waals surface area (Å²) in [6, 6.07) is 4.51. The van der Waals surface area contributed by atoms with Gasteiger partial charge in [0, 0.05) is 18.3 Å². The third kappa shape index (κ3) is 5.41. The Morgan fingerprint density at radius 2 is 1.88 bits per heavy atom. The first-order chi connectivity index (χ1) is 12.4. The second-order valence-electron chi connectivity index (χ2n) is 5.79. The zero-order valence-electron chi connectivity index (χ0n) is 13.9. The van der Waals surface area contributed by atoms with E-state index in [1.807, 2.05) is 17.1 Å². The molecule has 10 nitrogen and oxygen atoms in total. The lowest BCUT2D eigenvalue weighted by atomic mass is 9.96. The van der Waals surface area contributed by atoms with Gasteiger partial charge < -0.3 is 11.2 Å².